The van der Waals surface area contributed by atoms with Crippen LogP contribution in [0.4, 0.5) is 0 Å². The number of fused-ring (bicyclic) bond motifs is 1. The molecule has 21 heavy (non-hydrogen) atoms. The molecule has 4 heteroatoms. The van der Waals surface area contributed by atoms with E-state index in [0.29, 0.717) is 0 Å². The van der Waals surface area contributed by atoms with Crippen molar-refractivity contribution in [2.45, 2.75) is 19.9 Å². The van der Waals surface area contributed by atoms with Crippen molar-refractivity contribution in [2.24, 2.45) is 5.84 Å². The minimum atomic E-state index is -0.107. The SMILES string of the molecule is Cc1cc(C(NN)c2cncc3ccccc23)cc(C)n1. The van der Waals surface area contributed by atoms with E-state index in [9.17, 15) is 0 Å². The zero-order chi connectivity index (χ0) is 14.8. The maximum atomic E-state index is 5.83. The van der Waals surface area contributed by atoms with Crippen molar-refractivity contribution in [1.82, 2.24) is 15.4 Å². The van der Waals surface area contributed by atoms with E-state index in [1.54, 1.807) is 0 Å². The molecule has 2 heterocycles. The lowest BCUT2D eigenvalue weighted by Crippen LogP contribution is -2.29. The fraction of sp³-hybridized carbons (Fsp3) is 0.176. The summed E-state index contributed by atoms with van der Waals surface area (Å²) < 4.78 is 0. The Morgan fingerprint density at radius 2 is 1.76 bits per heavy atom. The summed E-state index contributed by atoms with van der Waals surface area (Å²) in [6.45, 7) is 3.98. The number of aromatic nitrogens is 2. The molecule has 4 nitrogen and oxygen atoms in total. The fourth-order valence-corrected chi connectivity index (χ4v) is 2.77. The normalized spacial score (nSPS) is 12.5. The van der Waals surface area contributed by atoms with E-state index in [0.717, 1.165) is 33.3 Å². The van der Waals surface area contributed by atoms with Crippen LogP contribution in [0.2, 0.25) is 0 Å². The molecular formula is C17H18N4. The first-order valence-corrected chi connectivity index (χ1v) is 6.93. The van der Waals surface area contributed by atoms with Gasteiger partial charge in [0.25, 0.3) is 0 Å². The molecule has 0 saturated heterocycles. The molecule has 0 aliphatic heterocycles. The average molecular weight is 278 g/mol. The van der Waals surface area contributed by atoms with Gasteiger partial charge in [0.15, 0.2) is 0 Å². The largest absolute Gasteiger partial charge is 0.271 e. The predicted molar refractivity (Wildman–Crippen MR) is 84.6 cm³/mol. The highest BCUT2D eigenvalue weighted by Crippen LogP contribution is 2.28. The van der Waals surface area contributed by atoms with E-state index >= 15 is 0 Å². The first kappa shape index (κ1) is 13.7. The third-order valence-electron chi connectivity index (χ3n) is 3.61. The molecule has 0 spiro atoms. The van der Waals surface area contributed by atoms with Gasteiger partial charge in [-0.1, -0.05) is 24.3 Å². The van der Waals surface area contributed by atoms with Crippen molar-refractivity contribution < 1.29 is 0 Å². The average Bonchev–Trinajstić information content (AvgIpc) is 2.47. The topological polar surface area (TPSA) is 63.8 Å². The molecule has 1 unspecified atom stereocenters. The van der Waals surface area contributed by atoms with Crippen molar-refractivity contribution in [3.05, 3.63) is 71.3 Å². The molecular weight excluding hydrogens is 260 g/mol. The van der Waals surface area contributed by atoms with E-state index in [1.807, 2.05) is 38.4 Å². The maximum Gasteiger partial charge on any atom is 0.0732 e. The number of hydrogen-bond acceptors (Lipinski definition) is 4. The van der Waals surface area contributed by atoms with Crippen LogP contribution in [0.3, 0.4) is 0 Å². The molecule has 1 aromatic carbocycles. The van der Waals surface area contributed by atoms with Gasteiger partial charge in [0.2, 0.25) is 0 Å². The van der Waals surface area contributed by atoms with E-state index in [-0.39, 0.29) is 6.04 Å². The number of hydrogen-bond donors (Lipinski definition) is 2. The Morgan fingerprint density at radius 1 is 1.05 bits per heavy atom. The van der Waals surface area contributed by atoms with Crippen molar-refractivity contribution in [3.8, 4) is 0 Å². The van der Waals surface area contributed by atoms with Crippen LogP contribution in [-0.2, 0) is 0 Å². The monoisotopic (exact) mass is 278 g/mol. The Morgan fingerprint density at radius 3 is 2.48 bits per heavy atom. The zero-order valence-corrected chi connectivity index (χ0v) is 12.2. The summed E-state index contributed by atoms with van der Waals surface area (Å²) in [7, 11) is 0. The van der Waals surface area contributed by atoms with Crippen molar-refractivity contribution >= 4 is 10.8 Å². The van der Waals surface area contributed by atoms with Gasteiger partial charge < -0.3 is 0 Å². The molecule has 0 aliphatic carbocycles. The zero-order valence-electron chi connectivity index (χ0n) is 12.2. The van der Waals surface area contributed by atoms with Gasteiger partial charge >= 0.3 is 0 Å². The number of nitrogens with two attached hydrogens (primary N) is 1. The summed E-state index contributed by atoms with van der Waals surface area (Å²) >= 11 is 0. The lowest BCUT2D eigenvalue weighted by atomic mass is 9.96. The van der Waals surface area contributed by atoms with Crippen LogP contribution in [0.1, 0.15) is 28.6 Å². The first-order valence-electron chi connectivity index (χ1n) is 6.93. The number of aryl methyl sites for hydroxylation is 2. The fourth-order valence-electron chi connectivity index (χ4n) is 2.77. The van der Waals surface area contributed by atoms with E-state index in [2.05, 4.69) is 39.7 Å². The predicted octanol–water partition coefficient (Wildman–Crippen LogP) is 2.80. The summed E-state index contributed by atoms with van der Waals surface area (Å²) in [5, 5.41) is 2.26. The number of hydrazine groups is 1. The van der Waals surface area contributed by atoms with Crippen LogP contribution in [0, 0.1) is 13.8 Å². The Kier molecular flexibility index (Phi) is 3.64. The number of benzene rings is 1. The molecule has 0 amide bonds. The summed E-state index contributed by atoms with van der Waals surface area (Å²) in [4.78, 5) is 8.76. The molecule has 2 aromatic heterocycles. The molecule has 0 radical (unpaired) electrons. The summed E-state index contributed by atoms with van der Waals surface area (Å²) in [5.74, 6) is 5.83. The Labute approximate surface area is 124 Å². The smallest absolute Gasteiger partial charge is 0.0732 e. The Balaban J connectivity index is 2.18. The van der Waals surface area contributed by atoms with E-state index in [4.69, 9.17) is 5.84 Å². The van der Waals surface area contributed by atoms with Crippen LogP contribution in [0.15, 0.2) is 48.8 Å². The van der Waals surface area contributed by atoms with Gasteiger partial charge in [0.1, 0.15) is 0 Å². The second-order valence-corrected chi connectivity index (χ2v) is 5.23. The quantitative estimate of drug-likeness (QED) is 0.571. The minimum Gasteiger partial charge on any atom is -0.271 e. The summed E-state index contributed by atoms with van der Waals surface area (Å²) in [6, 6.07) is 12.2. The van der Waals surface area contributed by atoms with Gasteiger partial charge in [-0.15, -0.1) is 0 Å². The molecule has 3 rings (SSSR count). The highest BCUT2D eigenvalue weighted by molar-refractivity contribution is 5.85. The molecule has 3 aromatic rings. The number of rotatable bonds is 3. The molecule has 0 saturated carbocycles. The van der Waals surface area contributed by atoms with Crippen LogP contribution in [0.25, 0.3) is 10.8 Å². The van der Waals surface area contributed by atoms with E-state index < -0.39 is 0 Å². The van der Waals surface area contributed by atoms with Crippen molar-refractivity contribution in [3.63, 3.8) is 0 Å². The number of nitrogens with one attached hydrogen (secondary N) is 1. The second kappa shape index (κ2) is 5.60. The molecule has 0 fully saturated rings. The summed E-state index contributed by atoms with van der Waals surface area (Å²) in [5.41, 5.74) is 7.05. The highest BCUT2D eigenvalue weighted by atomic mass is 15.2. The van der Waals surface area contributed by atoms with Gasteiger partial charge in [-0.2, -0.15) is 0 Å². The maximum absolute atomic E-state index is 5.83. The van der Waals surface area contributed by atoms with E-state index in [1.165, 1.54) is 0 Å². The molecule has 0 bridgehead atoms. The van der Waals surface area contributed by atoms with Crippen molar-refractivity contribution in [1.29, 1.82) is 0 Å². The molecule has 0 aliphatic rings. The van der Waals surface area contributed by atoms with Gasteiger partial charge in [0, 0.05) is 34.7 Å². The second-order valence-electron chi connectivity index (χ2n) is 5.23. The van der Waals surface area contributed by atoms with Gasteiger partial charge in [-0.05, 0) is 36.9 Å². The first-order chi connectivity index (χ1) is 10.2. The number of pyridine rings is 2. The Hall–Kier alpha value is -2.30. The molecule has 106 valence electrons. The lowest BCUT2D eigenvalue weighted by molar-refractivity contribution is 0.637. The number of nitrogens with zero attached hydrogens (tertiary/aromatic N) is 2. The Bertz CT molecular complexity index is 757. The lowest BCUT2D eigenvalue weighted by Gasteiger charge is -2.19. The standard InChI is InChI=1S/C17H18N4/c1-11-7-14(8-12(2)20-11)17(21-18)16-10-19-9-13-5-3-4-6-15(13)16/h3-10,17,21H,18H2,1-2H3. The van der Waals surface area contributed by atoms with Crippen LogP contribution in [-0.4, -0.2) is 9.97 Å². The van der Waals surface area contributed by atoms with Gasteiger partial charge in [-0.25, -0.2) is 5.43 Å². The van der Waals surface area contributed by atoms with Crippen LogP contribution < -0.4 is 11.3 Å². The van der Waals surface area contributed by atoms with Gasteiger partial charge in [-0.3, -0.25) is 15.8 Å². The van der Waals surface area contributed by atoms with Crippen LogP contribution >= 0.6 is 0 Å². The van der Waals surface area contributed by atoms with Crippen LogP contribution in [0.5, 0.6) is 0 Å². The summed E-state index contributed by atoms with van der Waals surface area (Å²) in [6.07, 6.45) is 3.74. The highest BCUT2D eigenvalue weighted by Gasteiger charge is 2.16. The minimum absolute atomic E-state index is 0.107. The van der Waals surface area contributed by atoms with Gasteiger partial charge in [0.05, 0.1) is 6.04 Å². The third kappa shape index (κ3) is 2.63. The molecule has 3 N–H and O–H groups in total. The molecule has 1 atom stereocenters. The third-order valence-corrected chi connectivity index (χ3v) is 3.61. The van der Waals surface area contributed by atoms with Crippen molar-refractivity contribution in [2.75, 3.05) is 0 Å².